The van der Waals surface area contributed by atoms with E-state index in [-0.39, 0.29) is 34.1 Å². The van der Waals surface area contributed by atoms with E-state index in [2.05, 4.69) is 15.3 Å². The van der Waals surface area contributed by atoms with Crippen LogP contribution in [0.1, 0.15) is 38.6 Å². The first-order valence-electron chi connectivity index (χ1n) is 10.9. The van der Waals surface area contributed by atoms with Gasteiger partial charge in [-0.3, -0.25) is 9.59 Å². The highest BCUT2D eigenvalue weighted by atomic mass is 32.1. The molecule has 2 amide bonds. The van der Waals surface area contributed by atoms with E-state index in [1.807, 2.05) is 0 Å². The van der Waals surface area contributed by atoms with Crippen LogP contribution in [0.4, 0.5) is 17.6 Å². The molecule has 2 aromatic heterocycles. The van der Waals surface area contributed by atoms with Gasteiger partial charge in [-0.15, -0.1) is 11.3 Å². The molecule has 1 aliphatic rings. The number of pyridine rings is 1. The number of alkyl halides is 3. The molecule has 0 spiro atoms. The molecule has 0 fully saturated rings. The van der Waals surface area contributed by atoms with E-state index < -0.39 is 47.1 Å². The molecule has 0 radical (unpaired) electrons. The third-order valence-electron chi connectivity index (χ3n) is 6.24. The molecule has 0 aliphatic carbocycles. The van der Waals surface area contributed by atoms with Crippen molar-refractivity contribution in [3.8, 4) is 17.0 Å². The van der Waals surface area contributed by atoms with Crippen LogP contribution in [-0.4, -0.2) is 46.2 Å². The van der Waals surface area contributed by atoms with Crippen molar-refractivity contribution in [3.63, 3.8) is 0 Å². The molecule has 8 nitrogen and oxygen atoms in total. The molecule has 4 rings (SSSR count). The lowest BCUT2D eigenvalue weighted by molar-refractivity contribution is -0.265. The van der Waals surface area contributed by atoms with Crippen molar-refractivity contribution in [1.29, 1.82) is 0 Å². The van der Waals surface area contributed by atoms with Crippen molar-refractivity contribution in [2.24, 2.45) is 5.73 Å². The van der Waals surface area contributed by atoms with Crippen LogP contribution in [0.3, 0.4) is 0 Å². The number of primary amides is 1. The number of carbonyl (C=O) groups is 2. The minimum atomic E-state index is -5.30. The standard InChI is InChI=1S/C24H22F4N4O4S/c1-11-19(37-12(2)31-11)20(33)30-9-23(35,24(26,27)28)16-8-15-18(36-10-22(15,3)21(29)34)17(32-16)13-4-6-14(25)7-5-13/h4-8,35H,9-10H2,1-3H3,(H2,29,34)(H,30,33)/t22-,23-/m0/s1. The molecule has 3 aromatic rings. The summed E-state index contributed by atoms with van der Waals surface area (Å²) in [6.07, 6.45) is -5.30. The number of ether oxygens (including phenoxy) is 1. The molecule has 13 heteroatoms. The zero-order valence-corrected chi connectivity index (χ0v) is 20.7. The molecular weight excluding hydrogens is 516 g/mol. The van der Waals surface area contributed by atoms with Crippen LogP contribution < -0.4 is 15.8 Å². The Morgan fingerprint density at radius 2 is 1.86 bits per heavy atom. The van der Waals surface area contributed by atoms with Crippen LogP contribution in [0, 0.1) is 19.7 Å². The molecule has 0 saturated carbocycles. The number of halogens is 4. The lowest BCUT2D eigenvalue weighted by Crippen LogP contribution is -2.51. The van der Waals surface area contributed by atoms with Gasteiger partial charge in [-0.1, -0.05) is 0 Å². The number of aliphatic hydroxyl groups is 1. The minimum Gasteiger partial charge on any atom is -0.489 e. The van der Waals surface area contributed by atoms with E-state index in [1.54, 1.807) is 6.92 Å². The monoisotopic (exact) mass is 538 g/mol. The Bertz CT molecular complexity index is 1390. The summed E-state index contributed by atoms with van der Waals surface area (Å²) < 4.78 is 62.3. The van der Waals surface area contributed by atoms with Crippen molar-refractivity contribution in [2.45, 2.75) is 38.0 Å². The maximum Gasteiger partial charge on any atom is 0.424 e. The van der Waals surface area contributed by atoms with E-state index in [4.69, 9.17) is 10.5 Å². The second-order valence-electron chi connectivity index (χ2n) is 8.91. The molecule has 37 heavy (non-hydrogen) atoms. The molecule has 1 aliphatic heterocycles. The SMILES string of the molecule is Cc1nc(C)c(C(=O)NC[C@](O)(c2cc3c(c(-c4ccc(F)cc4)n2)OC[C@]3(C)C(N)=O)C(F)(F)F)s1. The summed E-state index contributed by atoms with van der Waals surface area (Å²) in [5.74, 6) is -2.33. The number of aromatic nitrogens is 2. The summed E-state index contributed by atoms with van der Waals surface area (Å²) >= 11 is 0.996. The predicted molar refractivity (Wildman–Crippen MR) is 126 cm³/mol. The van der Waals surface area contributed by atoms with Crippen LogP contribution in [0.15, 0.2) is 30.3 Å². The van der Waals surface area contributed by atoms with E-state index in [0.29, 0.717) is 10.7 Å². The first kappa shape index (κ1) is 26.5. The van der Waals surface area contributed by atoms with Gasteiger partial charge in [-0.25, -0.2) is 14.4 Å². The summed E-state index contributed by atoms with van der Waals surface area (Å²) in [5, 5.41) is 13.7. The Balaban J connectivity index is 1.85. The van der Waals surface area contributed by atoms with Gasteiger partial charge in [0.15, 0.2) is 0 Å². The fraction of sp³-hybridized carbons (Fsp3) is 0.333. The fourth-order valence-electron chi connectivity index (χ4n) is 3.97. The van der Waals surface area contributed by atoms with Crippen molar-refractivity contribution in [2.75, 3.05) is 13.2 Å². The highest BCUT2D eigenvalue weighted by Gasteiger charge is 2.57. The molecule has 0 saturated heterocycles. The normalized spacial score (nSPS) is 18.6. The molecule has 2 atom stereocenters. The Morgan fingerprint density at radius 3 is 2.41 bits per heavy atom. The average molecular weight is 539 g/mol. The second kappa shape index (κ2) is 9.06. The van der Waals surface area contributed by atoms with E-state index in [9.17, 15) is 32.3 Å². The lowest BCUT2D eigenvalue weighted by Gasteiger charge is -2.31. The summed E-state index contributed by atoms with van der Waals surface area (Å²) in [6.45, 7) is 3.01. The molecule has 1 aromatic carbocycles. The van der Waals surface area contributed by atoms with E-state index in [0.717, 1.165) is 29.5 Å². The molecule has 4 N–H and O–H groups in total. The number of fused-ring (bicyclic) bond motifs is 1. The Hall–Kier alpha value is -3.58. The highest BCUT2D eigenvalue weighted by Crippen LogP contribution is 2.47. The van der Waals surface area contributed by atoms with E-state index >= 15 is 0 Å². The fourth-order valence-corrected chi connectivity index (χ4v) is 4.81. The average Bonchev–Trinajstić information content (AvgIpc) is 3.35. The largest absolute Gasteiger partial charge is 0.489 e. The maximum absolute atomic E-state index is 14.4. The molecule has 0 unspecified atom stereocenters. The smallest absolute Gasteiger partial charge is 0.424 e. The molecule has 0 bridgehead atoms. The number of nitrogens with one attached hydrogen (secondary N) is 1. The van der Waals surface area contributed by atoms with Crippen LogP contribution in [0.25, 0.3) is 11.3 Å². The van der Waals surface area contributed by atoms with Crippen molar-refractivity contribution in [3.05, 3.63) is 63.0 Å². The van der Waals surface area contributed by atoms with Crippen molar-refractivity contribution < 1.29 is 37.0 Å². The van der Waals surface area contributed by atoms with Crippen molar-refractivity contribution in [1.82, 2.24) is 15.3 Å². The third-order valence-corrected chi connectivity index (χ3v) is 7.31. The number of hydrogen-bond donors (Lipinski definition) is 3. The van der Waals surface area contributed by atoms with Gasteiger partial charge >= 0.3 is 6.18 Å². The molecule has 196 valence electrons. The summed E-state index contributed by atoms with van der Waals surface area (Å²) in [7, 11) is 0. The number of nitrogens with two attached hydrogens (primary N) is 1. The topological polar surface area (TPSA) is 127 Å². The first-order valence-corrected chi connectivity index (χ1v) is 11.7. The zero-order valence-electron chi connectivity index (χ0n) is 19.9. The number of nitrogens with zero attached hydrogens (tertiary/aromatic N) is 2. The van der Waals surface area contributed by atoms with Crippen molar-refractivity contribution >= 4 is 23.2 Å². The summed E-state index contributed by atoms with van der Waals surface area (Å²) in [6, 6.07) is 5.60. The number of carbonyl (C=O) groups excluding carboxylic acids is 2. The van der Waals surface area contributed by atoms with Gasteiger partial charge < -0.3 is 20.9 Å². The number of aryl methyl sites for hydroxylation is 2. The van der Waals surface area contributed by atoms with Crippen LogP contribution >= 0.6 is 11.3 Å². The Morgan fingerprint density at radius 1 is 1.22 bits per heavy atom. The van der Waals surface area contributed by atoms with Gasteiger partial charge in [-0.05, 0) is 51.1 Å². The number of thiazole rings is 1. The van der Waals surface area contributed by atoms with Gasteiger partial charge in [-0.2, -0.15) is 13.2 Å². The van der Waals surface area contributed by atoms with Crippen LogP contribution in [0.2, 0.25) is 0 Å². The quantitative estimate of drug-likeness (QED) is 0.414. The van der Waals surface area contributed by atoms with Gasteiger partial charge in [0.05, 0.1) is 22.9 Å². The summed E-state index contributed by atoms with van der Waals surface area (Å²) in [4.78, 5) is 33.1. The minimum absolute atomic E-state index is 0.0130. The van der Waals surface area contributed by atoms with Gasteiger partial charge in [0.2, 0.25) is 11.5 Å². The van der Waals surface area contributed by atoms with E-state index in [1.165, 1.54) is 26.0 Å². The molecule has 3 heterocycles. The number of amides is 2. The first-order chi connectivity index (χ1) is 17.2. The van der Waals surface area contributed by atoms with Crippen LogP contribution in [0.5, 0.6) is 5.75 Å². The van der Waals surface area contributed by atoms with Gasteiger partial charge in [0.1, 0.15) is 34.2 Å². The lowest BCUT2D eigenvalue weighted by atomic mass is 9.81. The number of benzene rings is 1. The number of rotatable bonds is 6. The third kappa shape index (κ3) is 4.53. The molecular formula is C24H22F4N4O4S. The van der Waals surface area contributed by atoms with Crippen LogP contribution in [-0.2, 0) is 15.8 Å². The maximum atomic E-state index is 14.4. The van der Waals surface area contributed by atoms with Gasteiger partial charge in [0.25, 0.3) is 5.91 Å². The highest BCUT2D eigenvalue weighted by molar-refractivity contribution is 7.13. The van der Waals surface area contributed by atoms with Gasteiger partial charge in [0, 0.05) is 11.1 Å². The Kier molecular flexibility index (Phi) is 6.49. The second-order valence-corrected chi connectivity index (χ2v) is 10.1. The Labute approximate surface area is 212 Å². The number of hydrogen-bond acceptors (Lipinski definition) is 7. The summed E-state index contributed by atoms with van der Waals surface area (Å²) in [5.41, 5.74) is -0.212. The predicted octanol–water partition coefficient (Wildman–Crippen LogP) is 3.28. The zero-order chi connectivity index (χ0) is 27.3.